The lowest BCUT2D eigenvalue weighted by molar-refractivity contribution is -0.133. The van der Waals surface area contributed by atoms with Gasteiger partial charge < -0.3 is 16.0 Å². The second kappa shape index (κ2) is 11.0. The summed E-state index contributed by atoms with van der Waals surface area (Å²) in [5.74, 6) is 0.245. The van der Waals surface area contributed by atoms with E-state index in [1.54, 1.807) is 0 Å². The maximum atomic E-state index is 12.4. The van der Waals surface area contributed by atoms with Crippen molar-refractivity contribution in [1.82, 2.24) is 15.1 Å². The number of nitrogens with zero attached hydrogens (tertiary/aromatic N) is 2. The van der Waals surface area contributed by atoms with Gasteiger partial charge in [0.05, 0.1) is 0 Å². The first kappa shape index (κ1) is 21.3. The van der Waals surface area contributed by atoms with E-state index in [0.29, 0.717) is 13.0 Å². The molecule has 2 heterocycles. The highest BCUT2D eigenvalue weighted by atomic mass is 32.1. The number of nitrogens with two attached hydrogens (primary N) is 1. The number of amides is 3. The van der Waals surface area contributed by atoms with Gasteiger partial charge in [-0.05, 0) is 30.5 Å². The van der Waals surface area contributed by atoms with E-state index in [4.69, 9.17) is 5.73 Å². The monoisotopic (exact) mass is 414 g/mol. The van der Waals surface area contributed by atoms with E-state index in [0.717, 1.165) is 52.0 Å². The lowest BCUT2D eigenvalue weighted by Gasteiger charge is -2.34. The van der Waals surface area contributed by atoms with Gasteiger partial charge in [-0.3, -0.25) is 9.69 Å². The number of primary amides is 1. The number of benzene rings is 1. The van der Waals surface area contributed by atoms with Crippen LogP contribution in [0.5, 0.6) is 0 Å². The highest BCUT2D eigenvalue weighted by molar-refractivity contribution is 7.15. The number of rotatable bonds is 9. The predicted molar refractivity (Wildman–Crippen MR) is 118 cm³/mol. The van der Waals surface area contributed by atoms with Crippen LogP contribution in [0.2, 0.25) is 0 Å². The first-order chi connectivity index (χ1) is 14.1. The standard InChI is InChI=1S/C22H30N4O2S/c23-22(28)24-12-6-2-5-9-21(27)26-15-13-25(14-16-26)17-19-10-11-20(29-19)18-7-3-1-4-8-18/h1,3-4,7-8,10-11H,2,5-6,9,12-17H2,(H3,23,24,28). The molecule has 1 aromatic heterocycles. The van der Waals surface area contributed by atoms with Crippen molar-refractivity contribution in [2.45, 2.75) is 32.2 Å². The zero-order chi connectivity index (χ0) is 20.5. The summed E-state index contributed by atoms with van der Waals surface area (Å²) in [5.41, 5.74) is 6.29. The number of piperazine rings is 1. The maximum absolute atomic E-state index is 12.4. The van der Waals surface area contributed by atoms with Crippen molar-refractivity contribution >= 4 is 23.3 Å². The SMILES string of the molecule is NC(=O)NCCCCCC(=O)N1CCN(Cc2ccc(-c3ccccc3)s2)CC1. The van der Waals surface area contributed by atoms with Gasteiger partial charge in [-0.25, -0.2) is 4.79 Å². The van der Waals surface area contributed by atoms with Crippen LogP contribution in [0.4, 0.5) is 4.79 Å². The third-order valence-electron chi connectivity index (χ3n) is 5.19. The van der Waals surface area contributed by atoms with E-state index in [1.165, 1.54) is 15.3 Å². The summed E-state index contributed by atoms with van der Waals surface area (Å²) >= 11 is 1.85. The average molecular weight is 415 g/mol. The number of nitrogens with one attached hydrogen (secondary N) is 1. The van der Waals surface area contributed by atoms with E-state index in [1.807, 2.05) is 22.3 Å². The van der Waals surface area contributed by atoms with Crippen LogP contribution < -0.4 is 11.1 Å². The smallest absolute Gasteiger partial charge is 0.312 e. The lowest BCUT2D eigenvalue weighted by atomic mass is 10.1. The van der Waals surface area contributed by atoms with Gasteiger partial charge in [0.2, 0.25) is 5.91 Å². The molecule has 1 aliphatic heterocycles. The van der Waals surface area contributed by atoms with Crippen LogP contribution in [0.3, 0.4) is 0 Å². The Bertz CT molecular complexity index is 785. The molecule has 0 saturated carbocycles. The average Bonchev–Trinajstić information content (AvgIpc) is 3.20. The molecule has 0 unspecified atom stereocenters. The van der Waals surface area contributed by atoms with Gasteiger partial charge >= 0.3 is 6.03 Å². The number of hydrogen-bond acceptors (Lipinski definition) is 4. The summed E-state index contributed by atoms with van der Waals surface area (Å²) in [6.07, 6.45) is 3.22. The van der Waals surface area contributed by atoms with Crippen LogP contribution in [0.1, 0.15) is 30.6 Å². The molecule has 156 valence electrons. The number of unbranched alkanes of at least 4 members (excludes halogenated alkanes) is 2. The molecule has 3 N–H and O–H groups in total. The zero-order valence-electron chi connectivity index (χ0n) is 16.8. The van der Waals surface area contributed by atoms with Crippen molar-refractivity contribution in [3.05, 3.63) is 47.3 Å². The molecule has 0 atom stereocenters. The second-order valence-electron chi connectivity index (χ2n) is 7.39. The van der Waals surface area contributed by atoms with Crippen LogP contribution in [-0.4, -0.2) is 54.5 Å². The summed E-state index contributed by atoms with van der Waals surface area (Å²) in [7, 11) is 0. The lowest BCUT2D eigenvalue weighted by Crippen LogP contribution is -2.48. The van der Waals surface area contributed by atoms with Crippen molar-refractivity contribution in [1.29, 1.82) is 0 Å². The number of hydrogen-bond donors (Lipinski definition) is 2. The Morgan fingerprint density at radius 3 is 2.45 bits per heavy atom. The molecule has 0 bridgehead atoms. The van der Waals surface area contributed by atoms with E-state index in [9.17, 15) is 9.59 Å². The molecule has 3 amide bonds. The zero-order valence-corrected chi connectivity index (χ0v) is 17.6. The molecule has 6 nitrogen and oxygen atoms in total. The van der Waals surface area contributed by atoms with Crippen molar-refractivity contribution in [2.75, 3.05) is 32.7 Å². The molecule has 29 heavy (non-hydrogen) atoms. The van der Waals surface area contributed by atoms with Gasteiger partial charge in [-0.2, -0.15) is 0 Å². The summed E-state index contributed by atoms with van der Waals surface area (Å²) in [6, 6.07) is 14.4. The topological polar surface area (TPSA) is 78.7 Å². The van der Waals surface area contributed by atoms with Crippen molar-refractivity contribution in [3.8, 4) is 10.4 Å². The molecule has 1 aromatic carbocycles. The number of thiophene rings is 1. The number of urea groups is 1. The Morgan fingerprint density at radius 2 is 1.72 bits per heavy atom. The van der Waals surface area contributed by atoms with Gasteiger partial charge in [0, 0.05) is 55.4 Å². The van der Waals surface area contributed by atoms with Crippen LogP contribution in [0, 0.1) is 0 Å². The van der Waals surface area contributed by atoms with Crippen LogP contribution in [0.15, 0.2) is 42.5 Å². The maximum Gasteiger partial charge on any atom is 0.312 e. The molecule has 3 rings (SSSR count). The largest absolute Gasteiger partial charge is 0.352 e. The van der Waals surface area contributed by atoms with Crippen molar-refractivity contribution < 1.29 is 9.59 Å². The molecule has 7 heteroatoms. The van der Waals surface area contributed by atoms with E-state index in [-0.39, 0.29) is 5.91 Å². The summed E-state index contributed by atoms with van der Waals surface area (Å²) in [4.78, 5) is 30.1. The van der Waals surface area contributed by atoms with E-state index in [2.05, 4.69) is 46.6 Å². The third-order valence-corrected chi connectivity index (χ3v) is 6.31. The summed E-state index contributed by atoms with van der Waals surface area (Å²) in [5, 5.41) is 2.57. The van der Waals surface area contributed by atoms with Crippen molar-refractivity contribution in [2.24, 2.45) is 5.73 Å². The highest BCUT2D eigenvalue weighted by Gasteiger charge is 2.21. The van der Waals surface area contributed by atoms with Gasteiger partial charge in [-0.1, -0.05) is 36.8 Å². The fourth-order valence-corrected chi connectivity index (χ4v) is 4.60. The Kier molecular flexibility index (Phi) is 8.07. The van der Waals surface area contributed by atoms with Crippen LogP contribution in [-0.2, 0) is 11.3 Å². The Balaban J connectivity index is 1.34. The third kappa shape index (κ3) is 6.87. The highest BCUT2D eigenvalue weighted by Crippen LogP contribution is 2.28. The molecule has 0 aliphatic carbocycles. The minimum atomic E-state index is -0.488. The van der Waals surface area contributed by atoms with E-state index >= 15 is 0 Å². The second-order valence-corrected chi connectivity index (χ2v) is 8.56. The first-order valence-electron chi connectivity index (χ1n) is 10.3. The molecule has 1 fully saturated rings. The van der Waals surface area contributed by atoms with Gasteiger partial charge in [0.25, 0.3) is 0 Å². The molecular weight excluding hydrogens is 384 g/mol. The quantitative estimate of drug-likeness (QED) is 0.618. The van der Waals surface area contributed by atoms with Crippen molar-refractivity contribution in [3.63, 3.8) is 0 Å². The fourth-order valence-electron chi connectivity index (χ4n) is 3.54. The van der Waals surface area contributed by atoms with Crippen LogP contribution >= 0.6 is 11.3 Å². The Labute approximate surface area is 176 Å². The molecule has 1 aliphatic rings. The molecule has 0 spiro atoms. The van der Waals surface area contributed by atoms with E-state index < -0.39 is 6.03 Å². The Hall–Kier alpha value is -2.38. The molecule has 1 saturated heterocycles. The predicted octanol–water partition coefficient (Wildman–Crippen LogP) is 3.29. The molecular formula is C22H30N4O2S. The van der Waals surface area contributed by atoms with Crippen LogP contribution in [0.25, 0.3) is 10.4 Å². The number of carbonyl (C=O) groups is 2. The minimum absolute atomic E-state index is 0.245. The minimum Gasteiger partial charge on any atom is -0.352 e. The number of carbonyl (C=O) groups excluding carboxylic acids is 2. The Morgan fingerprint density at radius 1 is 0.966 bits per heavy atom. The van der Waals surface area contributed by atoms with Gasteiger partial charge in [0.15, 0.2) is 0 Å². The summed E-state index contributed by atoms with van der Waals surface area (Å²) < 4.78 is 0. The van der Waals surface area contributed by atoms with Gasteiger partial charge in [0.1, 0.15) is 0 Å². The molecule has 2 aromatic rings. The normalized spacial score (nSPS) is 14.7. The van der Waals surface area contributed by atoms with Gasteiger partial charge in [-0.15, -0.1) is 11.3 Å². The summed E-state index contributed by atoms with van der Waals surface area (Å²) in [6.45, 7) is 4.99. The molecule has 0 radical (unpaired) electrons. The fraction of sp³-hybridized carbons (Fsp3) is 0.455. The first-order valence-corrected chi connectivity index (χ1v) is 11.1.